The number of halogens is 3. The highest BCUT2D eigenvalue weighted by Crippen LogP contribution is 2.30. The molecule has 0 N–H and O–H groups in total. The summed E-state index contributed by atoms with van der Waals surface area (Å²) in [6.07, 6.45) is -4.69. The lowest BCUT2D eigenvalue weighted by atomic mass is 10.2. The molecule has 0 fully saturated rings. The largest absolute Gasteiger partial charge is 0.574 e. The smallest absolute Gasteiger partial charge is 0.378 e. The Hall–Kier alpha value is -1.56. The van der Waals surface area contributed by atoms with Crippen LogP contribution in [0.4, 0.5) is 13.2 Å². The first-order valence-electron chi connectivity index (χ1n) is 4.22. The Bertz CT molecular complexity index is 466. The van der Waals surface area contributed by atoms with Gasteiger partial charge in [0.15, 0.2) is 0 Å². The van der Waals surface area contributed by atoms with Crippen LogP contribution < -0.4 is 4.74 Å². The molecule has 0 bridgehead atoms. The number of thiazole rings is 1. The van der Waals surface area contributed by atoms with Crippen LogP contribution in [0.3, 0.4) is 0 Å². The normalized spacial score (nSPS) is 11.4. The lowest BCUT2D eigenvalue weighted by Gasteiger charge is -2.03. The van der Waals surface area contributed by atoms with Crippen LogP contribution in [0.1, 0.15) is 0 Å². The Morgan fingerprint density at radius 1 is 1.25 bits per heavy atom. The monoisotopic (exact) mass is 244 g/mol. The molecule has 2 aromatic rings. The Balaban J connectivity index is 2.21. The van der Waals surface area contributed by atoms with Gasteiger partial charge in [-0.15, -0.1) is 13.2 Å². The molecule has 0 spiro atoms. The third kappa shape index (κ3) is 2.73. The van der Waals surface area contributed by atoms with E-state index in [1.165, 1.54) is 5.38 Å². The van der Waals surface area contributed by atoms with Crippen LogP contribution in [0.2, 0.25) is 0 Å². The Morgan fingerprint density at radius 2 is 1.94 bits per heavy atom. The van der Waals surface area contributed by atoms with E-state index in [0.717, 1.165) is 16.9 Å². The molecule has 0 atom stereocenters. The van der Waals surface area contributed by atoms with Crippen LogP contribution >= 0.6 is 11.3 Å². The second-order valence-electron chi connectivity index (χ2n) is 2.84. The fourth-order valence-corrected chi connectivity index (χ4v) is 1.79. The predicted octanol–water partition coefficient (Wildman–Crippen LogP) is 3.51. The first kappa shape index (κ1) is 10.9. The molecule has 0 saturated carbocycles. The molecule has 1 heterocycles. The zero-order valence-electron chi connectivity index (χ0n) is 7.78. The summed E-state index contributed by atoms with van der Waals surface area (Å²) in [5.74, 6) is 0. The van der Waals surface area contributed by atoms with Crippen LogP contribution in [0.15, 0.2) is 29.6 Å². The number of alkyl halides is 3. The summed E-state index contributed by atoms with van der Waals surface area (Å²) >= 11 is 0.808. The van der Waals surface area contributed by atoms with Crippen LogP contribution in [-0.2, 0) is 0 Å². The summed E-state index contributed by atoms with van der Waals surface area (Å²) in [6, 6.07) is 9.57. The molecule has 0 unspecified atom stereocenters. The summed E-state index contributed by atoms with van der Waals surface area (Å²) < 4.78 is 39.4. The molecule has 83 valence electrons. The van der Waals surface area contributed by atoms with Gasteiger partial charge in [-0.2, -0.15) is 0 Å². The van der Waals surface area contributed by atoms with Crippen molar-refractivity contribution in [3.63, 3.8) is 0 Å². The number of ether oxygens (including phenoxy) is 1. The summed E-state index contributed by atoms with van der Waals surface area (Å²) in [4.78, 5) is 3.73. The average molecular weight is 244 g/mol. The van der Waals surface area contributed by atoms with E-state index in [1.54, 1.807) is 24.3 Å². The lowest BCUT2D eigenvalue weighted by Crippen LogP contribution is -2.16. The molecule has 1 aromatic heterocycles. The van der Waals surface area contributed by atoms with Crippen molar-refractivity contribution in [2.75, 3.05) is 0 Å². The zero-order valence-corrected chi connectivity index (χ0v) is 8.60. The van der Waals surface area contributed by atoms with Crippen molar-refractivity contribution in [1.82, 2.24) is 4.98 Å². The number of nitrogens with zero attached hydrogens (tertiary/aromatic N) is 1. The average Bonchev–Trinajstić information content (AvgIpc) is 2.65. The van der Waals surface area contributed by atoms with Gasteiger partial charge in [-0.1, -0.05) is 35.6 Å². The fraction of sp³-hybridized carbons (Fsp3) is 0.100. The van der Waals surface area contributed by atoms with Crippen molar-refractivity contribution in [1.29, 1.82) is 0 Å². The molecule has 0 saturated heterocycles. The minimum absolute atomic E-state index is 0.407. The lowest BCUT2D eigenvalue weighted by molar-refractivity contribution is -0.274. The van der Waals surface area contributed by atoms with E-state index < -0.39 is 11.6 Å². The van der Waals surface area contributed by atoms with Gasteiger partial charge in [0.1, 0.15) is 0 Å². The summed E-state index contributed by atoms with van der Waals surface area (Å²) in [6.45, 7) is 0. The zero-order chi connectivity index (χ0) is 11.6. The molecule has 0 aliphatic rings. The van der Waals surface area contributed by atoms with E-state index >= 15 is 0 Å². The number of benzene rings is 1. The number of rotatable bonds is 2. The Labute approximate surface area is 93.3 Å². The molecule has 1 aromatic carbocycles. The van der Waals surface area contributed by atoms with Gasteiger partial charge in [-0.05, 0) is 6.07 Å². The Kier molecular flexibility index (Phi) is 2.82. The second-order valence-corrected chi connectivity index (χ2v) is 3.66. The van der Waals surface area contributed by atoms with Gasteiger partial charge in [0.25, 0.3) is 5.19 Å². The van der Waals surface area contributed by atoms with Crippen LogP contribution in [0, 0.1) is 6.07 Å². The van der Waals surface area contributed by atoms with E-state index in [4.69, 9.17) is 0 Å². The van der Waals surface area contributed by atoms with E-state index in [-0.39, 0.29) is 0 Å². The summed E-state index contributed by atoms with van der Waals surface area (Å²) in [7, 11) is 0. The SMILES string of the molecule is FC(F)(F)Oc1nc(-c2cc[c]cc2)cs1. The van der Waals surface area contributed by atoms with E-state index in [9.17, 15) is 13.2 Å². The van der Waals surface area contributed by atoms with Crippen molar-refractivity contribution < 1.29 is 17.9 Å². The third-order valence-corrected chi connectivity index (χ3v) is 2.42. The molecule has 0 aliphatic heterocycles. The third-order valence-electron chi connectivity index (χ3n) is 1.70. The molecule has 1 radical (unpaired) electrons. The summed E-state index contributed by atoms with van der Waals surface area (Å²) in [5, 5.41) is 1.10. The molecule has 2 rings (SSSR count). The van der Waals surface area contributed by atoms with Gasteiger partial charge in [-0.3, -0.25) is 0 Å². The van der Waals surface area contributed by atoms with Crippen LogP contribution in [0.25, 0.3) is 11.3 Å². The minimum atomic E-state index is -4.69. The molecule has 6 heteroatoms. The van der Waals surface area contributed by atoms with Crippen LogP contribution in [-0.4, -0.2) is 11.3 Å². The molecular weight excluding hydrogens is 239 g/mol. The van der Waals surface area contributed by atoms with Crippen molar-refractivity contribution in [2.24, 2.45) is 0 Å². The maximum Gasteiger partial charge on any atom is 0.574 e. The van der Waals surface area contributed by atoms with E-state index in [2.05, 4.69) is 15.8 Å². The predicted molar refractivity (Wildman–Crippen MR) is 53.1 cm³/mol. The van der Waals surface area contributed by atoms with Crippen LogP contribution in [0.5, 0.6) is 5.19 Å². The van der Waals surface area contributed by atoms with Gasteiger partial charge in [0, 0.05) is 10.9 Å². The molecule has 2 nitrogen and oxygen atoms in total. The minimum Gasteiger partial charge on any atom is -0.378 e. The van der Waals surface area contributed by atoms with Crippen molar-refractivity contribution >= 4 is 11.3 Å². The topological polar surface area (TPSA) is 22.1 Å². The standard InChI is InChI=1S/C10H5F3NOS/c11-10(12,13)15-9-14-8(6-16-9)7-4-2-1-3-5-7/h2-6H. The number of aromatic nitrogens is 1. The fourth-order valence-electron chi connectivity index (χ4n) is 1.09. The quantitative estimate of drug-likeness (QED) is 0.806. The van der Waals surface area contributed by atoms with E-state index in [0.29, 0.717) is 5.69 Å². The Morgan fingerprint density at radius 3 is 2.56 bits per heavy atom. The summed E-state index contributed by atoms with van der Waals surface area (Å²) in [5.41, 5.74) is 1.19. The number of hydrogen-bond donors (Lipinski definition) is 0. The highest BCUT2D eigenvalue weighted by Gasteiger charge is 2.32. The van der Waals surface area contributed by atoms with Crippen molar-refractivity contribution in [3.8, 4) is 16.5 Å². The van der Waals surface area contributed by atoms with Crippen molar-refractivity contribution in [2.45, 2.75) is 6.36 Å². The van der Waals surface area contributed by atoms with Gasteiger partial charge in [0.2, 0.25) is 0 Å². The first-order chi connectivity index (χ1) is 7.54. The van der Waals surface area contributed by atoms with Gasteiger partial charge < -0.3 is 4.74 Å². The van der Waals surface area contributed by atoms with Crippen molar-refractivity contribution in [3.05, 3.63) is 35.7 Å². The van der Waals surface area contributed by atoms with Gasteiger partial charge in [0.05, 0.1) is 5.69 Å². The maximum atomic E-state index is 11.9. The molecule has 0 aliphatic carbocycles. The highest BCUT2D eigenvalue weighted by molar-refractivity contribution is 7.11. The molecular formula is C10H5F3NOS. The molecule has 0 amide bonds. The van der Waals surface area contributed by atoms with Gasteiger partial charge in [-0.25, -0.2) is 4.98 Å². The highest BCUT2D eigenvalue weighted by atomic mass is 32.1. The van der Waals surface area contributed by atoms with Gasteiger partial charge >= 0.3 is 6.36 Å². The number of hydrogen-bond acceptors (Lipinski definition) is 3. The first-order valence-corrected chi connectivity index (χ1v) is 5.10. The van der Waals surface area contributed by atoms with E-state index in [1.807, 2.05) is 0 Å². The maximum absolute atomic E-state index is 11.9. The molecule has 16 heavy (non-hydrogen) atoms. The second kappa shape index (κ2) is 4.13.